The van der Waals surface area contributed by atoms with Crippen LogP contribution in [0.4, 0.5) is 10.5 Å². The minimum absolute atomic E-state index is 0.0115. The summed E-state index contributed by atoms with van der Waals surface area (Å²) in [6.45, 7) is 3.40. The zero-order valence-electron chi connectivity index (χ0n) is 16.4. The number of piperidine rings is 1. The van der Waals surface area contributed by atoms with Gasteiger partial charge in [-0.25, -0.2) is 9.78 Å². The molecule has 0 aliphatic carbocycles. The van der Waals surface area contributed by atoms with E-state index in [0.717, 1.165) is 41.8 Å². The maximum atomic E-state index is 12.6. The third kappa shape index (κ3) is 4.59. The number of hydrogen-bond donors (Lipinski definition) is 2. The standard InChI is InChI=1S/C20H29N5O2/c1-4-5-6-18-22-16-8-7-15(13-17(16)23-18)21-19(26)14-9-11-25(12-10-14)20(27)24(2)3/h7-8,13-14H,4-6,9-12H2,1-3H3,(H,21,26)(H,22,23). The number of rotatable bonds is 5. The lowest BCUT2D eigenvalue weighted by atomic mass is 9.96. The average Bonchev–Trinajstić information content (AvgIpc) is 3.07. The molecular weight excluding hydrogens is 342 g/mol. The van der Waals surface area contributed by atoms with Crippen molar-refractivity contribution in [1.82, 2.24) is 19.8 Å². The summed E-state index contributed by atoms with van der Waals surface area (Å²) in [5.41, 5.74) is 2.66. The zero-order chi connectivity index (χ0) is 19.4. The van der Waals surface area contributed by atoms with Crippen molar-refractivity contribution in [1.29, 1.82) is 0 Å². The van der Waals surface area contributed by atoms with E-state index in [4.69, 9.17) is 0 Å². The Labute approximate surface area is 160 Å². The summed E-state index contributed by atoms with van der Waals surface area (Å²) in [6, 6.07) is 5.79. The third-order valence-corrected chi connectivity index (χ3v) is 5.08. The van der Waals surface area contributed by atoms with Crippen LogP contribution < -0.4 is 5.32 Å². The van der Waals surface area contributed by atoms with Gasteiger partial charge in [-0.05, 0) is 37.5 Å². The molecule has 2 aromatic rings. The number of amides is 3. The molecule has 3 amide bonds. The van der Waals surface area contributed by atoms with Gasteiger partial charge in [0.1, 0.15) is 5.82 Å². The number of unbranched alkanes of at least 4 members (excludes halogenated alkanes) is 1. The van der Waals surface area contributed by atoms with Gasteiger partial charge in [0.15, 0.2) is 0 Å². The van der Waals surface area contributed by atoms with E-state index < -0.39 is 0 Å². The highest BCUT2D eigenvalue weighted by Gasteiger charge is 2.28. The van der Waals surface area contributed by atoms with Crippen LogP contribution in [0.25, 0.3) is 11.0 Å². The predicted octanol–water partition coefficient (Wildman–Crippen LogP) is 3.24. The molecule has 1 aromatic carbocycles. The van der Waals surface area contributed by atoms with Crippen molar-refractivity contribution >= 4 is 28.7 Å². The summed E-state index contributed by atoms with van der Waals surface area (Å²) in [4.78, 5) is 35.9. The van der Waals surface area contributed by atoms with Gasteiger partial charge in [-0.15, -0.1) is 0 Å². The first-order chi connectivity index (χ1) is 13.0. The molecule has 0 spiro atoms. The predicted molar refractivity (Wildman–Crippen MR) is 107 cm³/mol. The Morgan fingerprint density at radius 1 is 1.30 bits per heavy atom. The number of fused-ring (bicyclic) bond motifs is 1. The fraction of sp³-hybridized carbons (Fsp3) is 0.550. The molecule has 0 atom stereocenters. The number of H-pyrrole nitrogens is 1. The summed E-state index contributed by atoms with van der Waals surface area (Å²) in [7, 11) is 3.50. The Morgan fingerprint density at radius 2 is 2.04 bits per heavy atom. The lowest BCUT2D eigenvalue weighted by Crippen LogP contribution is -2.45. The van der Waals surface area contributed by atoms with E-state index in [1.165, 1.54) is 0 Å². The first-order valence-electron chi connectivity index (χ1n) is 9.73. The van der Waals surface area contributed by atoms with E-state index in [0.29, 0.717) is 25.9 Å². The molecule has 146 valence electrons. The summed E-state index contributed by atoms with van der Waals surface area (Å²) >= 11 is 0. The van der Waals surface area contributed by atoms with Gasteiger partial charge in [-0.1, -0.05) is 13.3 Å². The second-order valence-electron chi connectivity index (χ2n) is 7.45. The van der Waals surface area contributed by atoms with Crippen molar-refractivity contribution in [3.8, 4) is 0 Å². The minimum Gasteiger partial charge on any atom is -0.342 e. The van der Waals surface area contributed by atoms with E-state index in [9.17, 15) is 9.59 Å². The molecule has 2 heterocycles. The second-order valence-corrected chi connectivity index (χ2v) is 7.45. The molecule has 1 aromatic heterocycles. The lowest BCUT2D eigenvalue weighted by Gasteiger charge is -2.33. The third-order valence-electron chi connectivity index (χ3n) is 5.08. The van der Waals surface area contributed by atoms with E-state index >= 15 is 0 Å². The van der Waals surface area contributed by atoms with Crippen LogP contribution in [0.2, 0.25) is 0 Å². The highest BCUT2D eigenvalue weighted by molar-refractivity contribution is 5.94. The molecule has 27 heavy (non-hydrogen) atoms. The maximum Gasteiger partial charge on any atom is 0.319 e. The van der Waals surface area contributed by atoms with Crippen LogP contribution in [0, 0.1) is 5.92 Å². The average molecular weight is 371 g/mol. The number of aromatic nitrogens is 2. The Morgan fingerprint density at radius 3 is 2.70 bits per heavy atom. The van der Waals surface area contributed by atoms with Crippen LogP contribution in [0.3, 0.4) is 0 Å². The highest BCUT2D eigenvalue weighted by atomic mass is 16.2. The van der Waals surface area contributed by atoms with Gasteiger partial charge in [0, 0.05) is 45.2 Å². The molecule has 1 fully saturated rings. The first-order valence-corrected chi connectivity index (χ1v) is 9.73. The maximum absolute atomic E-state index is 12.6. The summed E-state index contributed by atoms with van der Waals surface area (Å²) in [5.74, 6) is 0.957. The van der Waals surface area contributed by atoms with Gasteiger partial charge in [0.25, 0.3) is 0 Å². The van der Waals surface area contributed by atoms with Crippen LogP contribution in [0.1, 0.15) is 38.4 Å². The number of anilines is 1. The van der Waals surface area contributed by atoms with Crippen LogP contribution in [0.5, 0.6) is 0 Å². The number of imidazole rings is 1. The van der Waals surface area contributed by atoms with Crippen LogP contribution in [-0.2, 0) is 11.2 Å². The van der Waals surface area contributed by atoms with E-state index in [-0.39, 0.29) is 17.9 Å². The first kappa shape index (κ1) is 19.2. The van der Waals surface area contributed by atoms with Crippen molar-refractivity contribution in [3.05, 3.63) is 24.0 Å². The van der Waals surface area contributed by atoms with Gasteiger partial charge >= 0.3 is 6.03 Å². The Kier molecular flexibility index (Phi) is 5.98. The Bertz CT molecular complexity index is 806. The topological polar surface area (TPSA) is 81.3 Å². The number of carbonyl (C=O) groups is 2. The quantitative estimate of drug-likeness (QED) is 0.847. The van der Waals surface area contributed by atoms with E-state index in [2.05, 4.69) is 22.2 Å². The normalized spacial score (nSPS) is 15.1. The highest BCUT2D eigenvalue weighted by Crippen LogP contribution is 2.22. The van der Waals surface area contributed by atoms with Crippen molar-refractivity contribution in [2.24, 2.45) is 5.92 Å². The molecule has 1 saturated heterocycles. The fourth-order valence-corrected chi connectivity index (χ4v) is 3.46. The van der Waals surface area contributed by atoms with Crippen LogP contribution in [0.15, 0.2) is 18.2 Å². The van der Waals surface area contributed by atoms with Crippen LogP contribution >= 0.6 is 0 Å². The number of nitrogens with one attached hydrogen (secondary N) is 2. The molecule has 3 rings (SSSR count). The number of likely N-dealkylation sites (tertiary alicyclic amines) is 1. The molecule has 2 N–H and O–H groups in total. The Balaban J connectivity index is 1.58. The minimum atomic E-state index is -0.0613. The number of urea groups is 1. The van der Waals surface area contributed by atoms with Crippen LogP contribution in [-0.4, -0.2) is 58.9 Å². The Hall–Kier alpha value is -2.57. The number of carbonyl (C=O) groups excluding carboxylic acids is 2. The van der Waals surface area contributed by atoms with Crippen molar-refractivity contribution in [2.75, 3.05) is 32.5 Å². The van der Waals surface area contributed by atoms with Gasteiger partial charge < -0.3 is 20.1 Å². The van der Waals surface area contributed by atoms with Gasteiger partial charge in [0.05, 0.1) is 11.0 Å². The van der Waals surface area contributed by atoms with Gasteiger partial charge in [-0.2, -0.15) is 0 Å². The summed E-state index contributed by atoms with van der Waals surface area (Å²) in [6.07, 6.45) is 4.57. The largest absolute Gasteiger partial charge is 0.342 e. The van der Waals surface area contributed by atoms with Crippen molar-refractivity contribution < 1.29 is 9.59 Å². The fourth-order valence-electron chi connectivity index (χ4n) is 3.46. The zero-order valence-corrected chi connectivity index (χ0v) is 16.4. The monoisotopic (exact) mass is 371 g/mol. The molecule has 7 heteroatoms. The number of benzene rings is 1. The van der Waals surface area contributed by atoms with Crippen molar-refractivity contribution in [2.45, 2.75) is 39.0 Å². The summed E-state index contributed by atoms with van der Waals surface area (Å²) in [5, 5.41) is 3.02. The number of nitrogens with zero attached hydrogens (tertiary/aromatic N) is 3. The number of hydrogen-bond acceptors (Lipinski definition) is 3. The molecule has 7 nitrogen and oxygen atoms in total. The molecular formula is C20H29N5O2. The molecule has 0 unspecified atom stereocenters. The van der Waals surface area contributed by atoms with E-state index in [1.54, 1.807) is 23.9 Å². The van der Waals surface area contributed by atoms with Crippen molar-refractivity contribution in [3.63, 3.8) is 0 Å². The lowest BCUT2D eigenvalue weighted by molar-refractivity contribution is -0.121. The van der Waals surface area contributed by atoms with Gasteiger partial charge in [0.2, 0.25) is 5.91 Å². The molecule has 0 saturated carbocycles. The summed E-state index contributed by atoms with van der Waals surface area (Å²) < 4.78 is 0. The smallest absolute Gasteiger partial charge is 0.319 e. The van der Waals surface area contributed by atoms with Gasteiger partial charge in [-0.3, -0.25) is 4.79 Å². The molecule has 1 aliphatic rings. The molecule has 0 radical (unpaired) electrons. The molecule has 0 bridgehead atoms. The van der Waals surface area contributed by atoms with E-state index in [1.807, 2.05) is 18.2 Å². The SMILES string of the molecule is CCCCc1nc2ccc(NC(=O)C3CCN(C(=O)N(C)C)CC3)cc2[nH]1. The number of aromatic amines is 1. The number of aryl methyl sites for hydroxylation is 1. The second kappa shape index (κ2) is 8.41. The molecule has 1 aliphatic heterocycles.